The summed E-state index contributed by atoms with van der Waals surface area (Å²) in [6.45, 7) is 6.97. The highest BCUT2D eigenvalue weighted by molar-refractivity contribution is 7.09. The minimum Gasteiger partial charge on any atom is -0.316 e. The summed E-state index contributed by atoms with van der Waals surface area (Å²) < 4.78 is 0. The Labute approximate surface area is 103 Å². The SMILES string of the molecule is CCNCC(C)(CCc1cccs1)C1CC1. The molecule has 0 amide bonds. The summed E-state index contributed by atoms with van der Waals surface area (Å²) in [6.07, 6.45) is 5.50. The Bertz CT molecular complexity index is 303. The van der Waals surface area contributed by atoms with E-state index in [1.165, 1.54) is 32.2 Å². The fraction of sp³-hybridized carbons (Fsp3) is 0.714. The van der Waals surface area contributed by atoms with E-state index in [0.717, 1.165) is 12.5 Å². The third-order valence-electron chi connectivity index (χ3n) is 3.86. The van der Waals surface area contributed by atoms with Gasteiger partial charge in [-0.15, -0.1) is 11.3 Å². The lowest BCUT2D eigenvalue weighted by Gasteiger charge is -2.30. The van der Waals surface area contributed by atoms with Gasteiger partial charge in [0.2, 0.25) is 0 Å². The standard InChI is InChI=1S/C14H23NS/c1-3-15-11-14(2,12-6-7-12)9-8-13-5-4-10-16-13/h4-5,10,12,15H,3,6-9,11H2,1-2H3. The van der Waals surface area contributed by atoms with Crippen LogP contribution in [0.5, 0.6) is 0 Å². The van der Waals surface area contributed by atoms with Crippen molar-refractivity contribution in [1.29, 1.82) is 0 Å². The van der Waals surface area contributed by atoms with E-state index in [4.69, 9.17) is 0 Å². The zero-order valence-electron chi connectivity index (χ0n) is 10.5. The molecule has 2 heteroatoms. The van der Waals surface area contributed by atoms with E-state index in [1.54, 1.807) is 4.88 Å². The van der Waals surface area contributed by atoms with Gasteiger partial charge in [0, 0.05) is 11.4 Å². The van der Waals surface area contributed by atoms with Gasteiger partial charge in [0.15, 0.2) is 0 Å². The first-order chi connectivity index (χ1) is 7.74. The van der Waals surface area contributed by atoms with Crippen LogP contribution in [-0.2, 0) is 6.42 Å². The maximum atomic E-state index is 3.54. The van der Waals surface area contributed by atoms with Gasteiger partial charge in [-0.25, -0.2) is 0 Å². The minimum absolute atomic E-state index is 0.528. The zero-order valence-corrected chi connectivity index (χ0v) is 11.3. The first-order valence-corrected chi connectivity index (χ1v) is 7.35. The molecule has 1 aliphatic carbocycles. The fourth-order valence-corrected chi connectivity index (χ4v) is 3.20. The molecule has 2 rings (SSSR count). The van der Waals surface area contributed by atoms with Crippen molar-refractivity contribution in [2.75, 3.05) is 13.1 Å². The van der Waals surface area contributed by atoms with E-state index in [9.17, 15) is 0 Å². The first kappa shape index (κ1) is 12.1. The molecule has 0 spiro atoms. The summed E-state index contributed by atoms with van der Waals surface area (Å²) in [5.41, 5.74) is 0.528. The fourth-order valence-electron chi connectivity index (χ4n) is 2.49. The van der Waals surface area contributed by atoms with Gasteiger partial charge in [-0.1, -0.05) is 19.9 Å². The highest BCUT2D eigenvalue weighted by atomic mass is 32.1. The van der Waals surface area contributed by atoms with Crippen LogP contribution in [0.15, 0.2) is 17.5 Å². The molecule has 0 aliphatic heterocycles. The number of nitrogens with one attached hydrogen (secondary N) is 1. The Morgan fingerprint density at radius 1 is 1.50 bits per heavy atom. The molecule has 0 bridgehead atoms. The number of rotatable bonds is 7. The Hall–Kier alpha value is -0.340. The van der Waals surface area contributed by atoms with E-state index in [2.05, 4.69) is 36.7 Å². The lowest BCUT2D eigenvalue weighted by atomic mass is 9.80. The van der Waals surface area contributed by atoms with E-state index in [-0.39, 0.29) is 0 Å². The van der Waals surface area contributed by atoms with Crippen molar-refractivity contribution >= 4 is 11.3 Å². The normalized spacial score (nSPS) is 19.6. The summed E-state index contributed by atoms with van der Waals surface area (Å²) in [5, 5.41) is 5.73. The predicted molar refractivity (Wildman–Crippen MR) is 72.0 cm³/mol. The van der Waals surface area contributed by atoms with Gasteiger partial charge >= 0.3 is 0 Å². The highest BCUT2D eigenvalue weighted by Crippen LogP contribution is 2.47. The van der Waals surface area contributed by atoms with E-state index < -0.39 is 0 Å². The van der Waals surface area contributed by atoms with Gasteiger partial charge in [-0.05, 0) is 55.0 Å². The zero-order chi connectivity index (χ0) is 11.4. The molecule has 0 aromatic carbocycles. The van der Waals surface area contributed by atoms with Gasteiger partial charge < -0.3 is 5.32 Å². The molecule has 1 saturated carbocycles. The van der Waals surface area contributed by atoms with Crippen LogP contribution in [0.4, 0.5) is 0 Å². The highest BCUT2D eigenvalue weighted by Gasteiger charge is 2.40. The second kappa shape index (κ2) is 5.33. The first-order valence-electron chi connectivity index (χ1n) is 6.48. The molecule has 0 saturated heterocycles. The minimum atomic E-state index is 0.528. The number of hydrogen-bond donors (Lipinski definition) is 1. The molecule has 1 fully saturated rings. The van der Waals surface area contributed by atoms with Crippen LogP contribution in [0.2, 0.25) is 0 Å². The second-order valence-electron chi connectivity index (χ2n) is 5.29. The maximum absolute atomic E-state index is 3.54. The van der Waals surface area contributed by atoms with Crippen LogP contribution in [0, 0.1) is 11.3 Å². The van der Waals surface area contributed by atoms with Crippen LogP contribution in [0.25, 0.3) is 0 Å². The molecule has 90 valence electrons. The summed E-state index contributed by atoms with van der Waals surface area (Å²) in [4.78, 5) is 1.54. The largest absolute Gasteiger partial charge is 0.316 e. The molecule has 1 aliphatic rings. The van der Waals surface area contributed by atoms with E-state index in [0.29, 0.717) is 5.41 Å². The Balaban J connectivity index is 1.86. The molecule has 1 aromatic rings. The third kappa shape index (κ3) is 3.08. The maximum Gasteiger partial charge on any atom is 0.00454 e. The molecule has 1 aromatic heterocycles. The molecular formula is C14H23NS. The van der Waals surface area contributed by atoms with Gasteiger partial charge in [0.25, 0.3) is 0 Å². The van der Waals surface area contributed by atoms with E-state index >= 15 is 0 Å². The Kier molecular flexibility index (Phi) is 4.04. The molecule has 16 heavy (non-hydrogen) atoms. The number of thiophene rings is 1. The molecule has 1 N–H and O–H groups in total. The van der Waals surface area contributed by atoms with Crippen LogP contribution in [0.1, 0.15) is 38.0 Å². The second-order valence-corrected chi connectivity index (χ2v) is 6.32. The van der Waals surface area contributed by atoms with Crippen molar-refractivity contribution in [1.82, 2.24) is 5.32 Å². The lowest BCUT2D eigenvalue weighted by Crippen LogP contribution is -2.34. The van der Waals surface area contributed by atoms with Crippen molar-refractivity contribution < 1.29 is 0 Å². The summed E-state index contributed by atoms with van der Waals surface area (Å²) in [6, 6.07) is 4.43. The predicted octanol–water partition coefficient (Wildman–Crippen LogP) is 3.71. The quantitative estimate of drug-likeness (QED) is 0.762. The van der Waals surface area contributed by atoms with E-state index in [1.807, 2.05) is 11.3 Å². The van der Waals surface area contributed by atoms with Crippen molar-refractivity contribution in [2.24, 2.45) is 11.3 Å². The smallest absolute Gasteiger partial charge is 0.00454 e. The van der Waals surface area contributed by atoms with Gasteiger partial charge in [-0.2, -0.15) is 0 Å². The number of hydrogen-bond acceptors (Lipinski definition) is 2. The van der Waals surface area contributed by atoms with Crippen LogP contribution < -0.4 is 5.32 Å². The molecule has 1 unspecified atom stereocenters. The monoisotopic (exact) mass is 237 g/mol. The van der Waals surface area contributed by atoms with Crippen molar-refractivity contribution in [3.8, 4) is 0 Å². The molecule has 0 radical (unpaired) electrons. The summed E-state index contributed by atoms with van der Waals surface area (Å²) in [5.74, 6) is 0.978. The van der Waals surface area contributed by atoms with Crippen LogP contribution in [-0.4, -0.2) is 13.1 Å². The van der Waals surface area contributed by atoms with Gasteiger partial charge in [-0.3, -0.25) is 0 Å². The van der Waals surface area contributed by atoms with Crippen molar-refractivity contribution in [3.63, 3.8) is 0 Å². The van der Waals surface area contributed by atoms with Crippen molar-refractivity contribution in [3.05, 3.63) is 22.4 Å². The number of aryl methyl sites for hydroxylation is 1. The average molecular weight is 237 g/mol. The van der Waals surface area contributed by atoms with Crippen LogP contribution in [0.3, 0.4) is 0 Å². The molecular weight excluding hydrogens is 214 g/mol. The van der Waals surface area contributed by atoms with Gasteiger partial charge in [0.1, 0.15) is 0 Å². The lowest BCUT2D eigenvalue weighted by molar-refractivity contribution is 0.239. The molecule has 1 nitrogen and oxygen atoms in total. The van der Waals surface area contributed by atoms with Crippen molar-refractivity contribution in [2.45, 2.75) is 39.5 Å². The summed E-state index contributed by atoms with van der Waals surface area (Å²) >= 11 is 1.90. The average Bonchev–Trinajstić information content (AvgIpc) is 3.02. The Morgan fingerprint density at radius 3 is 2.88 bits per heavy atom. The topological polar surface area (TPSA) is 12.0 Å². The van der Waals surface area contributed by atoms with Crippen LogP contribution >= 0.6 is 11.3 Å². The third-order valence-corrected chi connectivity index (χ3v) is 4.80. The van der Waals surface area contributed by atoms with Gasteiger partial charge in [0.05, 0.1) is 0 Å². The summed E-state index contributed by atoms with van der Waals surface area (Å²) in [7, 11) is 0. The molecule has 1 atom stereocenters. The molecule has 1 heterocycles. The Morgan fingerprint density at radius 2 is 2.31 bits per heavy atom.